The first-order valence-corrected chi connectivity index (χ1v) is 8.00. The van der Waals surface area contributed by atoms with Crippen LogP contribution in [-0.2, 0) is 6.54 Å². The Labute approximate surface area is 122 Å². The first-order valence-electron chi connectivity index (χ1n) is 6.80. The quantitative estimate of drug-likeness (QED) is 0.928. The van der Waals surface area contributed by atoms with Crippen LogP contribution in [0.3, 0.4) is 0 Å². The summed E-state index contributed by atoms with van der Waals surface area (Å²) in [5.74, 6) is 0. The minimum absolute atomic E-state index is 0.252. The molecule has 0 aliphatic carbocycles. The number of nitrogens with zero attached hydrogens (tertiary/aromatic N) is 1. The first-order chi connectivity index (χ1) is 9.29. The van der Waals surface area contributed by atoms with Crippen LogP contribution in [0.5, 0.6) is 0 Å². The van der Waals surface area contributed by atoms with Gasteiger partial charge in [-0.25, -0.2) is 0 Å². The van der Waals surface area contributed by atoms with E-state index in [0.717, 1.165) is 29.9 Å². The maximum Gasteiger partial charge on any atom is 0.0637 e. The second-order valence-corrected chi connectivity index (χ2v) is 6.65. The number of likely N-dealkylation sites (tertiary alicyclic amines) is 1. The van der Waals surface area contributed by atoms with Crippen molar-refractivity contribution >= 4 is 33.0 Å². The Balaban J connectivity index is 1.86. The summed E-state index contributed by atoms with van der Waals surface area (Å²) in [6, 6.07) is 8.58. The molecule has 102 valence electrons. The SMILES string of the molecule is OCC1CCCCN1Cc1sc2ccccc2c1Cl. The molecule has 2 aromatic rings. The highest BCUT2D eigenvalue weighted by Crippen LogP contribution is 2.36. The zero-order chi connectivity index (χ0) is 13.2. The lowest BCUT2D eigenvalue weighted by molar-refractivity contribution is 0.0850. The molecule has 0 bridgehead atoms. The largest absolute Gasteiger partial charge is 0.395 e. The number of hydrogen-bond donors (Lipinski definition) is 1. The van der Waals surface area contributed by atoms with Crippen molar-refractivity contribution in [1.82, 2.24) is 4.90 Å². The molecule has 1 atom stereocenters. The van der Waals surface area contributed by atoms with Gasteiger partial charge < -0.3 is 5.11 Å². The molecule has 3 rings (SSSR count). The Hall–Kier alpha value is -0.610. The second kappa shape index (κ2) is 5.80. The van der Waals surface area contributed by atoms with Gasteiger partial charge in [0.25, 0.3) is 0 Å². The summed E-state index contributed by atoms with van der Waals surface area (Å²) in [4.78, 5) is 3.60. The fourth-order valence-electron chi connectivity index (χ4n) is 2.83. The molecule has 4 heteroatoms. The van der Waals surface area contributed by atoms with Crippen molar-refractivity contribution < 1.29 is 5.11 Å². The first kappa shape index (κ1) is 13.4. The maximum atomic E-state index is 9.48. The Morgan fingerprint density at radius 2 is 2.16 bits per heavy atom. The number of hydrogen-bond acceptors (Lipinski definition) is 3. The summed E-state index contributed by atoms with van der Waals surface area (Å²) in [5, 5.41) is 11.5. The zero-order valence-electron chi connectivity index (χ0n) is 10.8. The van der Waals surface area contributed by atoms with E-state index in [9.17, 15) is 5.11 Å². The van der Waals surface area contributed by atoms with Crippen LogP contribution < -0.4 is 0 Å². The van der Waals surface area contributed by atoms with Crippen molar-refractivity contribution in [2.75, 3.05) is 13.2 Å². The molecular weight excluding hydrogens is 278 g/mol. The maximum absolute atomic E-state index is 9.48. The molecule has 1 unspecified atom stereocenters. The summed E-state index contributed by atoms with van der Waals surface area (Å²) in [7, 11) is 0. The summed E-state index contributed by atoms with van der Waals surface area (Å²) in [5.41, 5.74) is 0. The van der Waals surface area contributed by atoms with Crippen LogP contribution in [0.25, 0.3) is 10.1 Å². The molecule has 0 spiro atoms. The van der Waals surface area contributed by atoms with E-state index >= 15 is 0 Å². The number of fused-ring (bicyclic) bond motifs is 1. The summed E-state index contributed by atoms with van der Waals surface area (Å²) >= 11 is 8.26. The number of aliphatic hydroxyl groups excluding tert-OH is 1. The van der Waals surface area contributed by atoms with Crippen molar-refractivity contribution in [3.63, 3.8) is 0 Å². The van der Waals surface area contributed by atoms with Gasteiger partial charge in [0.2, 0.25) is 0 Å². The molecule has 0 radical (unpaired) electrons. The van der Waals surface area contributed by atoms with Gasteiger partial charge in [0.1, 0.15) is 0 Å². The molecule has 0 saturated carbocycles. The molecule has 1 aliphatic rings. The Bertz CT molecular complexity index is 568. The summed E-state index contributed by atoms with van der Waals surface area (Å²) in [6.07, 6.45) is 3.54. The van der Waals surface area contributed by atoms with Crippen LogP contribution in [0.2, 0.25) is 5.02 Å². The van der Waals surface area contributed by atoms with Crippen molar-refractivity contribution in [2.45, 2.75) is 31.8 Å². The van der Waals surface area contributed by atoms with Gasteiger partial charge in [-0.05, 0) is 25.5 Å². The molecule has 0 amide bonds. The molecule has 2 heterocycles. The van der Waals surface area contributed by atoms with Crippen molar-refractivity contribution in [2.24, 2.45) is 0 Å². The van der Waals surface area contributed by atoms with Gasteiger partial charge in [-0.2, -0.15) is 0 Å². The number of benzene rings is 1. The third-order valence-corrected chi connectivity index (χ3v) is 5.61. The van der Waals surface area contributed by atoms with Gasteiger partial charge >= 0.3 is 0 Å². The molecule has 1 N–H and O–H groups in total. The Kier molecular flexibility index (Phi) is 4.08. The van der Waals surface area contributed by atoms with E-state index in [-0.39, 0.29) is 6.61 Å². The Morgan fingerprint density at radius 3 is 2.95 bits per heavy atom. The van der Waals surface area contributed by atoms with Crippen molar-refractivity contribution in [1.29, 1.82) is 0 Å². The van der Waals surface area contributed by atoms with Crippen LogP contribution >= 0.6 is 22.9 Å². The molecule has 1 fully saturated rings. The highest BCUT2D eigenvalue weighted by molar-refractivity contribution is 7.19. The average Bonchev–Trinajstić information content (AvgIpc) is 2.77. The van der Waals surface area contributed by atoms with Gasteiger partial charge in [-0.15, -0.1) is 11.3 Å². The lowest BCUT2D eigenvalue weighted by Crippen LogP contribution is -2.41. The number of thiophene rings is 1. The van der Waals surface area contributed by atoms with E-state index in [1.165, 1.54) is 22.4 Å². The predicted molar refractivity (Wildman–Crippen MR) is 82.0 cm³/mol. The lowest BCUT2D eigenvalue weighted by atomic mass is 10.0. The smallest absolute Gasteiger partial charge is 0.0637 e. The molecule has 1 aromatic carbocycles. The highest BCUT2D eigenvalue weighted by Gasteiger charge is 2.23. The van der Waals surface area contributed by atoms with E-state index < -0.39 is 0 Å². The second-order valence-electron chi connectivity index (χ2n) is 5.14. The van der Waals surface area contributed by atoms with E-state index in [1.807, 2.05) is 6.07 Å². The molecule has 2 nitrogen and oxygen atoms in total. The molecular formula is C15H18ClNOS. The predicted octanol–water partition coefficient (Wildman–Crippen LogP) is 3.90. The third-order valence-electron chi connectivity index (χ3n) is 3.91. The van der Waals surface area contributed by atoms with Crippen LogP contribution in [0.4, 0.5) is 0 Å². The van der Waals surface area contributed by atoms with Crippen molar-refractivity contribution in [3.8, 4) is 0 Å². The van der Waals surface area contributed by atoms with Gasteiger partial charge in [0.15, 0.2) is 0 Å². The molecule has 1 saturated heterocycles. The zero-order valence-corrected chi connectivity index (χ0v) is 12.4. The summed E-state index contributed by atoms with van der Waals surface area (Å²) in [6.45, 7) is 2.18. The van der Waals surface area contributed by atoms with Crippen LogP contribution in [0.1, 0.15) is 24.1 Å². The van der Waals surface area contributed by atoms with E-state index in [1.54, 1.807) is 11.3 Å². The average molecular weight is 296 g/mol. The van der Waals surface area contributed by atoms with E-state index in [0.29, 0.717) is 6.04 Å². The number of piperidine rings is 1. The number of aliphatic hydroxyl groups is 1. The number of halogens is 1. The normalized spacial score (nSPS) is 21.1. The topological polar surface area (TPSA) is 23.5 Å². The van der Waals surface area contributed by atoms with Crippen molar-refractivity contribution in [3.05, 3.63) is 34.2 Å². The van der Waals surface area contributed by atoms with Crippen LogP contribution in [0.15, 0.2) is 24.3 Å². The standard InChI is InChI=1S/C15H18ClNOS/c16-15-12-6-1-2-7-13(12)19-14(15)9-17-8-4-3-5-11(17)10-18/h1-2,6-7,11,18H,3-5,8-10H2. The number of rotatable bonds is 3. The minimum atomic E-state index is 0.252. The minimum Gasteiger partial charge on any atom is -0.395 e. The van der Waals surface area contributed by atoms with Crippen LogP contribution in [0, 0.1) is 0 Å². The third kappa shape index (κ3) is 2.65. The highest BCUT2D eigenvalue weighted by atomic mass is 35.5. The molecule has 1 aliphatic heterocycles. The fourth-order valence-corrected chi connectivity index (χ4v) is 4.34. The van der Waals surface area contributed by atoms with Gasteiger partial charge in [-0.3, -0.25) is 4.90 Å². The van der Waals surface area contributed by atoms with E-state index in [4.69, 9.17) is 11.6 Å². The van der Waals surface area contributed by atoms with Gasteiger partial charge in [0, 0.05) is 27.5 Å². The Morgan fingerprint density at radius 1 is 1.32 bits per heavy atom. The molecule has 1 aromatic heterocycles. The fraction of sp³-hybridized carbons (Fsp3) is 0.467. The van der Waals surface area contributed by atoms with Gasteiger partial charge in [-0.1, -0.05) is 36.2 Å². The van der Waals surface area contributed by atoms with E-state index in [2.05, 4.69) is 23.1 Å². The lowest BCUT2D eigenvalue weighted by Gasteiger charge is -2.34. The van der Waals surface area contributed by atoms with Gasteiger partial charge in [0.05, 0.1) is 11.6 Å². The molecule has 19 heavy (non-hydrogen) atoms. The summed E-state index contributed by atoms with van der Waals surface area (Å²) < 4.78 is 1.25. The van der Waals surface area contributed by atoms with Crippen LogP contribution in [-0.4, -0.2) is 29.2 Å². The monoisotopic (exact) mass is 295 g/mol.